The lowest BCUT2D eigenvalue weighted by Gasteiger charge is -2.18. The minimum absolute atomic E-state index is 0.610. The van der Waals surface area contributed by atoms with Crippen molar-refractivity contribution < 1.29 is 0 Å². The van der Waals surface area contributed by atoms with Crippen molar-refractivity contribution in [2.75, 3.05) is 5.32 Å². The van der Waals surface area contributed by atoms with Gasteiger partial charge in [0.05, 0.1) is 5.69 Å². The minimum atomic E-state index is 0.610. The molecule has 0 aliphatic heterocycles. The molecule has 1 aromatic rings. The first kappa shape index (κ1) is 12.0. The lowest BCUT2D eigenvalue weighted by Crippen LogP contribution is -2.19. The molecule has 0 bridgehead atoms. The SMILES string of the molecule is CCCCC(CCC)Nc1cccnc1. The molecule has 1 heterocycles. The first-order valence-corrected chi connectivity index (χ1v) is 6.03. The summed E-state index contributed by atoms with van der Waals surface area (Å²) in [7, 11) is 0. The van der Waals surface area contributed by atoms with Crippen LogP contribution in [-0.4, -0.2) is 11.0 Å². The molecule has 1 N–H and O–H groups in total. The lowest BCUT2D eigenvalue weighted by atomic mass is 10.1. The third-order valence-electron chi connectivity index (χ3n) is 2.58. The van der Waals surface area contributed by atoms with E-state index in [4.69, 9.17) is 0 Å². The monoisotopic (exact) mass is 206 g/mol. The zero-order valence-corrected chi connectivity index (χ0v) is 9.87. The second-order valence-corrected chi connectivity index (χ2v) is 4.01. The van der Waals surface area contributed by atoms with E-state index in [9.17, 15) is 0 Å². The van der Waals surface area contributed by atoms with E-state index in [1.165, 1.54) is 32.1 Å². The molecule has 15 heavy (non-hydrogen) atoms. The van der Waals surface area contributed by atoms with Gasteiger partial charge >= 0.3 is 0 Å². The summed E-state index contributed by atoms with van der Waals surface area (Å²) in [6.45, 7) is 4.48. The van der Waals surface area contributed by atoms with Gasteiger partial charge in [-0.3, -0.25) is 4.98 Å². The first-order chi connectivity index (χ1) is 7.36. The Labute approximate surface area is 93.1 Å². The van der Waals surface area contributed by atoms with Crippen LogP contribution in [0.5, 0.6) is 0 Å². The van der Waals surface area contributed by atoms with Crippen LogP contribution in [0, 0.1) is 0 Å². The summed E-state index contributed by atoms with van der Waals surface area (Å²) in [5.41, 5.74) is 1.15. The Balaban J connectivity index is 2.43. The number of hydrogen-bond acceptors (Lipinski definition) is 2. The van der Waals surface area contributed by atoms with Crippen molar-refractivity contribution in [2.45, 2.75) is 52.0 Å². The molecular formula is C13H22N2. The van der Waals surface area contributed by atoms with E-state index < -0.39 is 0 Å². The summed E-state index contributed by atoms with van der Waals surface area (Å²) < 4.78 is 0. The van der Waals surface area contributed by atoms with Crippen molar-refractivity contribution in [3.05, 3.63) is 24.5 Å². The summed E-state index contributed by atoms with van der Waals surface area (Å²) in [5, 5.41) is 3.55. The van der Waals surface area contributed by atoms with Crippen LogP contribution in [0.25, 0.3) is 0 Å². The Bertz CT molecular complexity index is 246. The highest BCUT2D eigenvalue weighted by molar-refractivity contribution is 5.40. The fraction of sp³-hybridized carbons (Fsp3) is 0.615. The van der Waals surface area contributed by atoms with E-state index >= 15 is 0 Å². The Morgan fingerprint density at radius 2 is 2.13 bits per heavy atom. The molecule has 1 aromatic heterocycles. The van der Waals surface area contributed by atoms with Gasteiger partial charge in [-0.2, -0.15) is 0 Å². The van der Waals surface area contributed by atoms with Crippen LogP contribution < -0.4 is 5.32 Å². The summed E-state index contributed by atoms with van der Waals surface area (Å²) in [6.07, 6.45) is 10.0. The standard InChI is InChI=1S/C13H22N2/c1-3-5-8-12(7-4-2)15-13-9-6-10-14-11-13/h6,9-12,15H,3-5,7-8H2,1-2H3. The third kappa shape index (κ3) is 4.82. The third-order valence-corrected chi connectivity index (χ3v) is 2.58. The van der Waals surface area contributed by atoms with Gasteiger partial charge in [-0.05, 0) is 25.0 Å². The highest BCUT2D eigenvalue weighted by Crippen LogP contribution is 2.13. The van der Waals surface area contributed by atoms with Crippen molar-refractivity contribution in [3.8, 4) is 0 Å². The molecule has 0 aliphatic carbocycles. The van der Waals surface area contributed by atoms with Gasteiger partial charge in [0.2, 0.25) is 0 Å². The van der Waals surface area contributed by atoms with E-state index in [2.05, 4.69) is 30.2 Å². The zero-order chi connectivity index (χ0) is 10.9. The van der Waals surface area contributed by atoms with Gasteiger partial charge in [-0.25, -0.2) is 0 Å². The van der Waals surface area contributed by atoms with Gasteiger partial charge < -0.3 is 5.32 Å². The molecule has 2 heteroatoms. The summed E-state index contributed by atoms with van der Waals surface area (Å²) >= 11 is 0. The second-order valence-electron chi connectivity index (χ2n) is 4.01. The lowest BCUT2D eigenvalue weighted by molar-refractivity contribution is 0.564. The average molecular weight is 206 g/mol. The number of nitrogens with one attached hydrogen (secondary N) is 1. The van der Waals surface area contributed by atoms with E-state index in [0.717, 1.165) is 5.69 Å². The predicted molar refractivity (Wildman–Crippen MR) is 66.1 cm³/mol. The number of nitrogens with zero attached hydrogens (tertiary/aromatic N) is 1. The predicted octanol–water partition coefficient (Wildman–Crippen LogP) is 3.85. The van der Waals surface area contributed by atoms with Gasteiger partial charge in [0.25, 0.3) is 0 Å². The fourth-order valence-corrected chi connectivity index (χ4v) is 1.77. The molecule has 1 unspecified atom stereocenters. The Morgan fingerprint density at radius 1 is 1.27 bits per heavy atom. The van der Waals surface area contributed by atoms with E-state index in [-0.39, 0.29) is 0 Å². The van der Waals surface area contributed by atoms with Crippen LogP contribution in [-0.2, 0) is 0 Å². The van der Waals surface area contributed by atoms with Crippen LogP contribution in [0.2, 0.25) is 0 Å². The maximum atomic E-state index is 4.12. The molecule has 1 atom stereocenters. The smallest absolute Gasteiger partial charge is 0.0528 e. The number of unbranched alkanes of at least 4 members (excludes halogenated alkanes) is 1. The van der Waals surface area contributed by atoms with E-state index in [0.29, 0.717) is 6.04 Å². The number of aromatic nitrogens is 1. The van der Waals surface area contributed by atoms with Crippen LogP contribution in [0.4, 0.5) is 5.69 Å². The van der Waals surface area contributed by atoms with Gasteiger partial charge in [0.15, 0.2) is 0 Å². The van der Waals surface area contributed by atoms with Crippen LogP contribution in [0.3, 0.4) is 0 Å². The maximum Gasteiger partial charge on any atom is 0.0528 e. The Hall–Kier alpha value is -1.05. The molecule has 0 amide bonds. The highest BCUT2D eigenvalue weighted by Gasteiger charge is 2.06. The molecule has 0 spiro atoms. The van der Waals surface area contributed by atoms with Crippen molar-refractivity contribution in [1.29, 1.82) is 0 Å². The van der Waals surface area contributed by atoms with Gasteiger partial charge in [-0.15, -0.1) is 0 Å². The molecule has 0 radical (unpaired) electrons. The normalized spacial score (nSPS) is 12.4. The topological polar surface area (TPSA) is 24.9 Å². The van der Waals surface area contributed by atoms with Gasteiger partial charge in [-0.1, -0.05) is 33.1 Å². The summed E-state index contributed by atoms with van der Waals surface area (Å²) in [6, 6.07) is 4.67. The number of hydrogen-bond donors (Lipinski definition) is 1. The van der Waals surface area contributed by atoms with Crippen LogP contribution >= 0.6 is 0 Å². The molecular weight excluding hydrogens is 184 g/mol. The number of pyridine rings is 1. The van der Waals surface area contributed by atoms with Crippen molar-refractivity contribution in [2.24, 2.45) is 0 Å². The first-order valence-electron chi connectivity index (χ1n) is 6.03. The molecule has 84 valence electrons. The zero-order valence-electron chi connectivity index (χ0n) is 9.87. The average Bonchev–Trinajstić information content (AvgIpc) is 2.28. The Kier molecular flexibility index (Phi) is 5.83. The molecule has 1 rings (SSSR count). The fourth-order valence-electron chi connectivity index (χ4n) is 1.77. The van der Waals surface area contributed by atoms with Gasteiger partial charge in [0.1, 0.15) is 0 Å². The summed E-state index contributed by atoms with van der Waals surface area (Å²) in [5.74, 6) is 0. The number of anilines is 1. The highest BCUT2D eigenvalue weighted by atomic mass is 14.9. The maximum absolute atomic E-state index is 4.12. The molecule has 0 fully saturated rings. The number of rotatable bonds is 7. The van der Waals surface area contributed by atoms with Crippen molar-refractivity contribution in [1.82, 2.24) is 4.98 Å². The van der Waals surface area contributed by atoms with Gasteiger partial charge in [0, 0.05) is 18.4 Å². The van der Waals surface area contributed by atoms with E-state index in [1.54, 1.807) is 0 Å². The molecule has 0 aliphatic rings. The molecule has 0 saturated carbocycles. The molecule has 0 aromatic carbocycles. The second kappa shape index (κ2) is 7.27. The quantitative estimate of drug-likeness (QED) is 0.733. The minimum Gasteiger partial charge on any atom is -0.381 e. The molecule has 0 saturated heterocycles. The van der Waals surface area contributed by atoms with Crippen molar-refractivity contribution >= 4 is 5.69 Å². The summed E-state index contributed by atoms with van der Waals surface area (Å²) in [4.78, 5) is 4.12. The van der Waals surface area contributed by atoms with Crippen LogP contribution in [0.1, 0.15) is 46.0 Å². The molecule has 2 nitrogen and oxygen atoms in total. The van der Waals surface area contributed by atoms with Crippen molar-refractivity contribution in [3.63, 3.8) is 0 Å². The van der Waals surface area contributed by atoms with E-state index in [1.807, 2.05) is 18.5 Å². The Morgan fingerprint density at radius 3 is 2.73 bits per heavy atom. The van der Waals surface area contributed by atoms with Crippen LogP contribution in [0.15, 0.2) is 24.5 Å². The largest absolute Gasteiger partial charge is 0.381 e.